The molecule has 0 saturated heterocycles. The number of hydrogen-bond acceptors (Lipinski definition) is 3. The van der Waals surface area contributed by atoms with Gasteiger partial charge in [0.25, 0.3) is 0 Å². The monoisotopic (exact) mass is 558 g/mol. The zero-order valence-corrected chi connectivity index (χ0v) is 22.6. The van der Waals surface area contributed by atoms with E-state index in [1.807, 2.05) is 35.7 Å². The summed E-state index contributed by atoms with van der Waals surface area (Å²) in [6, 6.07) is 37.8. The predicted molar refractivity (Wildman–Crippen MR) is 154 cm³/mol. The summed E-state index contributed by atoms with van der Waals surface area (Å²) in [4.78, 5) is 18.0. The van der Waals surface area contributed by atoms with E-state index in [0.717, 1.165) is 17.5 Å². The molecule has 182 valence electrons. The maximum absolute atomic E-state index is 13.1. The number of halogens is 1. The number of rotatable bonds is 8. The van der Waals surface area contributed by atoms with Crippen LogP contribution in [0.25, 0.3) is 5.65 Å². The van der Waals surface area contributed by atoms with E-state index in [0.29, 0.717) is 18.7 Å². The number of carbonyl (C=O) groups is 1. The van der Waals surface area contributed by atoms with Gasteiger partial charge in [0.2, 0.25) is 0 Å². The number of esters is 1. The molecule has 0 aliphatic heterocycles. The molecule has 6 heteroatoms. The molecule has 0 atom stereocenters. The number of fused-ring (bicyclic) bond motifs is 1. The average Bonchev–Trinajstić information content (AvgIpc) is 3.32. The molecule has 0 unspecified atom stereocenters. The average molecular weight is 559 g/mol. The second kappa shape index (κ2) is 10.0. The maximum atomic E-state index is 13.1. The van der Waals surface area contributed by atoms with Crippen LogP contribution in [-0.2, 0) is 11.2 Å². The number of hydrogen-bond donors (Lipinski definition) is 0. The molecule has 0 fully saturated rings. The Bertz CT molecular complexity index is 1390. The van der Waals surface area contributed by atoms with Crippen LogP contribution in [0.2, 0.25) is 0 Å². The molecule has 0 spiro atoms. The summed E-state index contributed by atoms with van der Waals surface area (Å²) < 4.78 is 7.28. The van der Waals surface area contributed by atoms with E-state index >= 15 is 0 Å². The third-order valence-corrected chi connectivity index (χ3v) is 16.7. The van der Waals surface area contributed by atoms with Gasteiger partial charge in [-0.3, -0.25) is 0 Å². The standard InChI is InChI=1S/C30H28BrN2O2P/c1-2-35-30(34)29-27(32-28-20-12-13-22-33(28)29)21-23-36(31,24-14-6-3-7-15-24,25-16-8-4-9-17-25)26-18-10-5-11-19-26/h3-20,22H,2,21,23H2,1H3. The normalized spacial score (nSPS) is 12.7. The fourth-order valence-electron chi connectivity index (χ4n) is 5.00. The number of carbonyl (C=O) groups excluding carboxylic acids is 1. The molecular formula is C30H28BrN2O2P. The van der Waals surface area contributed by atoms with Crippen LogP contribution in [0.15, 0.2) is 115 Å². The SMILES string of the molecule is CCOC(=O)c1c(CCP(Br)(c2ccccc2)(c2ccccc2)c2ccccc2)nc2ccccn12. The van der Waals surface area contributed by atoms with Gasteiger partial charge in [-0.15, -0.1) is 0 Å². The van der Waals surface area contributed by atoms with Gasteiger partial charge in [0.05, 0.1) is 0 Å². The minimum atomic E-state index is -3.14. The van der Waals surface area contributed by atoms with E-state index in [1.54, 1.807) is 0 Å². The van der Waals surface area contributed by atoms with Gasteiger partial charge in [-0.2, -0.15) is 0 Å². The number of pyridine rings is 1. The molecule has 0 aliphatic carbocycles. The van der Waals surface area contributed by atoms with E-state index in [4.69, 9.17) is 9.72 Å². The van der Waals surface area contributed by atoms with Crippen LogP contribution in [0, 0.1) is 0 Å². The van der Waals surface area contributed by atoms with Gasteiger partial charge in [-0.05, 0) is 0 Å². The molecule has 5 aromatic rings. The molecule has 36 heavy (non-hydrogen) atoms. The van der Waals surface area contributed by atoms with Crippen molar-refractivity contribution in [3.05, 3.63) is 127 Å². The minimum absolute atomic E-state index is 0.314. The van der Waals surface area contributed by atoms with Crippen molar-refractivity contribution in [2.75, 3.05) is 12.8 Å². The third kappa shape index (κ3) is 4.07. The number of ether oxygens (including phenoxy) is 1. The van der Waals surface area contributed by atoms with E-state index < -0.39 is 5.31 Å². The van der Waals surface area contributed by atoms with E-state index in [-0.39, 0.29) is 5.97 Å². The molecule has 0 radical (unpaired) electrons. The van der Waals surface area contributed by atoms with Gasteiger partial charge in [-0.1, -0.05) is 0 Å². The second-order valence-corrected chi connectivity index (χ2v) is 17.8. The molecule has 0 amide bonds. The molecule has 0 N–H and O–H groups in total. The first-order chi connectivity index (χ1) is 17.6. The van der Waals surface area contributed by atoms with Gasteiger partial charge >= 0.3 is 220 Å². The number of aromatic nitrogens is 2. The van der Waals surface area contributed by atoms with Gasteiger partial charge in [-0.25, -0.2) is 0 Å². The van der Waals surface area contributed by atoms with Crippen LogP contribution in [0.1, 0.15) is 23.1 Å². The Labute approximate surface area is 219 Å². The summed E-state index contributed by atoms with van der Waals surface area (Å²) in [6.45, 7) is 2.14. The van der Waals surface area contributed by atoms with Gasteiger partial charge in [0.1, 0.15) is 0 Å². The fraction of sp³-hybridized carbons (Fsp3) is 0.133. The molecule has 0 saturated carbocycles. The molecule has 0 aliphatic rings. The molecule has 2 aromatic heterocycles. The first-order valence-corrected chi connectivity index (χ1v) is 16.5. The number of nitrogens with zero attached hydrogens (tertiary/aromatic N) is 2. The van der Waals surface area contributed by atoms with Gasteiger partial charge in [0.15, 0.2) is 0 Å². The van der Waals surface area contributed by atoms with Gasteiger partial charge < -0.3 is 0 Å². The predicted octanol–water partition coefficient (Wildman–Crippen LogP) is 5.89. The summed E-state index contributed by atoms with van der Waals surface area (Å²) in [7, 11) is 0. The van der Waals surface area contributed by atoms with Crippen LogP contribution in [0.5, 0.6) is 0 Å². The Morgan fingerprint density at radius 3 is 1.81 bits per heavy atom. The van der Waals surface area contributed by atoms with Crippen LogP contribution in [-0.4, -0.2) is 28.1 Å². The molecule has 0 bridgehead atoms. The van der Waals surface area contributed by atoms with Crippen molar-refractivity contribution in [2.24, 2.45) is 0 Å². The Morgan fingerprint density at radius 2 is 1.31 bits per heavy atom. The Kier molecular flexibility index (Phi) is 6.79. The zero-order chi connectivity index (χ0) is 25.0. The Morgan fingerprint density at radius 1 is 0.806 bits per heavy atom. The summed E-state index contributed by atoms with van der Waals surface area (Å²) in [5.74, 6) is -0.347. The van der Waals surface area contributed by atoms with Crippen molar-refractivity contribution >= 4 is 48.3 Å². The molecular weight excluding hydrogens is 531 g/mol. The van der Waals surface area contributed by atoms with Crippen molar-refractivity contribution < 1.29 is 9.53 Å². The van der Waals surface area contributed by atoms with E-state index in [2.05, 4.69) is 106 Å². The van der Waals surface area contributed by atoms with Crippen molar-refractivity contribution in [1.29, 1.82) is 0 Å². The van der Waals surface area contributed by atoms with Crippen molar-refractivity contribution in [2.45, 2.75) is 13.3 Å². The summed E-state index contributed by atoms with van der Waals surface area (Å²) >= 11 is 4.49. The molecule has 2 heterocycles. The zero-order valence-electron chi connectivity index (χ0n) is 20.1. The number of imidazole rings is 1. The molecule has 4 nitrogen and oxygen atoms in total. The fourth-order valence-corrected chi connectivity index (χ4v) is 12.3. The van der Waals surface area contributed by atoms with E-state index in [1.165, 1.54) is 15.9 Å². The third-order valence-electron chi connectivity index (χ3n) is 6.72. The first-order valence-electron chi connectivity index (χ1n) is 12.1. The van der Waals surface area contributed by atoms with Crippen molar-refractivity contribution in [3.63, 3.8) is 0 Å². The first kappa shape index (κ1) is 24.4. The van der Waals surface area contributed by atoms with Crippen LogP contribution >= 0.6 is 20.8 Å². The summed E-state index contributed by atoms with van der Waals surface area (Å²) in [6.07, 6.45) is 3.22. The Hall–Kier alpha value is -3.27. The quantitative estimate of drug-likeness (QED) is 0.176. The van der Waals surface area contributed by atoms with Crippen LogP contribution < -0.4 is 15.9 Å². The van der Waals surface area contributed by atoms with Crippen molar-refractivity contribution in [1.82, 2.24) is 9.38 Å². The van der Waals surface area contributed by atoms with E-state index in [9.17, 15) is 4.79 Å². The second-order valence-electron chi connectivity index (χ2n) is 8.72. The summed E-state index contributed by atoms with van der Waals surface area (Å²) in [5, 5.41) is 0.573. The summed E-state index contributed by atoms with van der Waals surface area (Å²) in [5.41, 5.74) is 1.99. The molecule has 3 aromatic carbocycles. The van der Waals surface area contributed by atoms with Crippen LogP contribution in [0.4, 0.5) is 0 Å². The van der Waals surface area contributed by atoms with Crippen molar-refractivity contribution in [3.8, 4) is 0 Å². The molecule has 5 rings (SSSR count). The van der Waals surface area contributed by atoms with Gasteiger partial charge in [0, 0.05) is 0 Å². The van der Waals surface area contributed by atoms with Crippen LogP contribution in [0.3, 0.4) is 0 Å². The topological polar surface area (TPSA) is 43.6 Å². The number of benzene rings is 3. The number of aryl methyl sites for hydroxylation is 1. The Balaban J connectivity index is 1.73.